The van der Waals surface area contributed by atoms with E-state index in [9.17, 15) is 32.1 Å². The molecule has 0 spiro atoms. The van der Waals surface area contributed by atoms with E-state index in [1.807, 2.05) is 11.8 Å². The standard InChI is InChI=1S/C22H23ClF5N5O2/c1-12-11-31(6-7-32(12)16-8-17(23)30-20(29)19(16)33(34)35)18(14-9-21(24,25)10-14)13-2-4-15(5-3-13)22(26,27)28/h2-5,8,12,14,18H,6-7,9-11H2,1H3,(H2,29,30). The average Bonchev–Trinajstić information content (AvgIpc) is 2.71. The second kappa shape index (κ2) is 9.05. The Kier molecular flexibility index (Phi) is 6.56. The molecule has 2 heterocycles. The molecule has 0 amide bonds. The zero-order chi connectivity index (χ0) is 25.7. The lowest BCUT2D eigenvalue weighted by Gasteiger charge is -2.49. The van der Waals surface area contributed by atoms with E-state index in [0.717, 1.165) is 12.1 Å². The van der Waals surface area contributed by atoms with E-state index in [4.69, 9.17) is 17.3 Å². The van der Waals surface area contributed by atoms with Crippen molar-refractivity contribution >= 4 is 28.8 Å². The molecule has 1 aliphatic carbocycles. The molecular formula is C22H23ClF5N5O2. The SMILES string of the molecule is CC1CN(C(c2ccc(C(F)(F)F)cc2)C2CC(F)(F)C2)CCN1c1cc(Cl)nc(N)c1[N+](=O)[O-]. The largest absolute Gasteiger partial charge is 0.416 e. The first-order chi connectivity index (χ1) is 16.3. The second-order valence-electron chi connectivity index (χ2n) is 9.08. The van der Waals surface area contributed by atoms with Gasteiger partial charge in [0.1, 0.15) is 10.8 Å². The van der Waals surface area contributed by atoms with Crippen LogP contribution in [0.25, 0.3) is 0 Å². The van der Waals surface area contributed by atoms with Gasteiger partial charge < -0.3 is 10.6 Å². The number of piperazine rings is 1. The molecule has 1 aromatic heterocycles. The number of hydrogen-bond donors (Lipinski definition) is 1. The lowest BCUT2D eigenvalue weighted by molar-refractivity contribution is -0.383. The fraction of sp³-hybridized carbons (Fsp3) is 0.500. The van der Waals surface area contributed by atoms with Gasteiger partial charge in [0.05, 0.1) is 10.5 Å². The average molecular weight is 520 g/mol. The number of pyridine rings is 1. The minimum absolute atomic E-state index is 0.00272. The lowest BCUT2D eigenvalue weighted by Crippen LogP contribution is -2.55. The van der Waals surface area contributed by atoms with Crippen molar-refractivity contribution in [3.63, 3.8) is 0 Å². The maximum Gasteiger partial charge on any atom is 0.416 e. The first-order valence-electron chi connectivity index (χ1n) is 10.9. The zero-order valence-corrected chi connectivity index (χ0v) is 19.4. The molecule has 35 heavy (non-hydrogen) atoms. The number of rotatable bonds is 5. The van der Waals surface area contributed by atoms with Gasteiger partial charge >= 0.3 is 11.9 Å². The van der Waals surface area contributed by atoms with Crippen LogP contribution in [0.3, 0.4) is 0 Å². The van der Waals surface area contributed by atoms with Crippen molar-refractivity contribution in [3.8, 4) is 0 Å². The Labute approximate surface area is 202 Å². The summed E-state index contributed by atoms with van der Waals surface area (Å²) in [6.45, 7) is 2.79. The number of hydrogen-bond acceptors (Lipinski definition) is 6. The summed E-state index contributed by atoms with van der Waals surface area (Å²) in [6, 6.07) is 5.15. The second-order valence-corrected chi connectivity index (χ2v) is 9.47. The molecule has 0 radical (unpaired) electrons. The molecule has 2 unspecified atom stereocenters. The predicted octanol–water partition coefficient (Wildman–Crippen LogP) is 5.54. The van der Waals surface area contributed by atoms with Gasteiger partial charge in [0.2, 0.25) is 11.7 Å². The molecule has 13 heteroatoms. The molecule has 1 saturated carbocycles. The normalized spacial score (nSPS) is 22.0. The van der Waals surface area contributed by atoms with Crippen LogP contribution in [0.1, 0.15) is 36.9 Å². The highest BCUT2D eigenvalue weighted by Crippen LogP contribution is 2.51. The third kappa shape index (κ3) is 5.13. The van der Waals surface area contributed by atoms with Gasteiger partial charge in [0, 0.05) is 50.6 Å². The van der Waals surface area contributed by atoms with E-state index in [1.165, 1.54) is 18.2 Å². The molecule has 4 rings (SSSR count). The van der Waals surface area contributed by atoms with Gasteiger partial charge in [-0.25, -0.2) is 13.8 Å². The number of alkyl halides is 5. The topological polar surface area (TPSA) is 88.5 Å². The molecule has 0 bridgehead atoms. The third-order valence-corrected chi connectivity index (χ3v) is 6.85. The Bertz CT molecular complexity index is 1110. The summed E-state index contributed by atoms with van der Waals surface area (Å²) in [5.74, 6) is -3.54. The van der Waals surface area contributed by atoms with Crippen LogP contribution in [0, 0.1) is 16.0 Å². The summed E-state index contributed by atoms with van der Waals surface area (Å²) in [5.41, 5.74) is 5.30. The smallest absolute Gasteiger partial charge is 0.378 e. The van der Waals surface area contributed by atoms with Crippen LogP contribution in [-0.2, 0) is 6.18 Å². The van der Waals surface area contributed by atoms with Crippen molar-refractivity contribution in [3.05, 3.63) is 56.7 Å². The highest BCUT2D eigenvalue weighted by Gasteiger charge is 2.51. The zero-order valence-electron chi connectivity index (χ0n) is 18.6. The summed E-state index contributed by atoms with van der Waals surface area (Å²) < 4.78 is 66.6. The summed E-state index contributed by atoms with van der Waals surface area (Å²) >= 11 is 5.99. The van der Waals surface area contributed by atoms with Crippen molar-refractivity contribution in [2.45, 2.75) is 43.9 Å². The van der Waals surface area contributed by atoms with Gasteiger partial charge in [-0.05, 0) is 30.5 Å². The van der Waals surface area contributed by atoms with Gasteiger partial charge in [-0.15, -0.1) is 0 Å². The third-order valence-electron chi connectivity index (χ3n) is 6.66. The monoisotopic (exact) mass is 519 g/mol. The highest BCUT2D eigenvalue weighted by molar-refractivity contribution is 6.30. The minimum Gasteiger partial charge on any atom is -0.378 e. The predicted molar refractivity (Wildman–Crippen MR) is 121 cm³/mol. The van der Waals surface area contributed by atoms with Crippen molar-refractivity contribution in [2.75, 3.05) is 30.3 Å². The first kappa shape index (κ1) is 25.4. The van der Waals surface area contributed by atoms with Crippen molar-refractivity contribution in [2.24, 2.45) is 5.92 Å². The fourth-order valence-electron chi connectivity index (χ4n) is 5.10. The number of nitro groups is 1. The number of aromatic nitrogens is 1. The van der Waals surface area contributed by atoms with Gasteiger partial charge in [0.25, 0.3) is 0 Å². The van der Waals surface area contributed by atoms with Crippen molar-refractivity contribution in [1.82, 2.24) is 9.88 Å². The van der Waals surface area contributed by atoms with Crippen LogP contribution in [0.4, 0.5) is 39.1 Å². The van der Waals surface area contributed by atoms with Crippen molar-refractivity contribution in [1.29, 1.82) is 0 Å². The van der Waals surface area contributed by atoms with E-state index in [2.05, 4.69) is 4.98 Å². The van der Waals surface area contributed by atoms with Gasteiger partial charge in [-0.2, -0.15) is 13.2 Å². The number of nitrogen functional groups attached to an aromatic ring is 1. The Morgan fingerprint density at radius 2 is 1.86 bits per heavy atom. The molecule has 2 aromatic rings. The van der Waals surface area contributed by atoms with Crippen molar-refractivity contribution < 1.29 is 26.9 Å². The van der Waals surface area contributed by atoms with Crippen LogP contribution in [0.2, 0.25) is 5.15 Å². The Balaban J connectivity index is 1.61. The molecule has 2 fully saturated rings. The van der Waals surface area contributed by atoms with Crippen LogP contribution in [0.5, 0.6) is 0 Å². The number of nitrogens with zero attached hydrogens (tertiary/aromatic N) is 4. The number of benzene rings is 1. The minimum atomic E-state index is -4.50. The van der Waals surface area contributed by atoms with Crippen LogP contribution >= 0.6 is 11.6 Å². The summed E-state index contributed by atoms with van der Waals surface area (Å²) in [5, 5.41) is 11.6. The van der Waals surface area contributed by atoms with Gasteiger partial charge in [-0.3, -0.25) is 15.0 Å². The number of nitrogens with two attached hydrogens (primary N) is 1. The summed E-state index contributed by atoms with van der Waals surface area (Å²) in [4.78, 5) is 18.5. The highest BCUT2D eigenvalue weighted by atomic mass is 35.5. The summed E-state index contributed by atoms with van der Waals surface area (Å²) in [6.07, 6.45) is -5.20. The van der Waals surface area contributed by atoms with Gasteiger partial charge in [-0.1, -0.05) is 23.7 Å². The van der Waals surface area contributed by atoms with Gasteiger partial charge in [0.15, 0.2) is 0 Å². The molecule has 1 aromatic carbocycles. The first-order valence-corrected chi connectivity index (χ1v) is 11.3. The molecular weight excluding hydrogens is 497 g/mol. The summed E-state index contributed by atoms with van der Waals surface area (Å²) in [7, 11) is 0. The van der Waals surface area contributed by atoms with E-state index in [1.54, 1.807) is 4.90 Å². The van der Waals surface area contributed by atoms with Crippen LogP contribution < -0.4 is 10.6 Å². The number of halogens is 6. The van der Waals surface area contributed by atoms with Crippen LogP contribution in [-0.4, -0.2) is 46.4 Å². The Hall–Kier alpha value is -2.73. The fourth-order valence-corrected chi connectivity index (χ4v) is 5.29. The van der Waals surface area contributed by atoms with E-state index >= 15 is 0 Å². The van der Waals surface area contributed by atoms with E-state index in [-0.39, 0.29) is 41.2 Å². The molecule has 2 aliphatic rings. The molecule has 190 valence electrons. The van der Waals surface area contributed by atoms with E-state index in [0.29, 0.717) is 25.2 Å². The van der Waals surface area contributed by atoms with E-state index < -0.39 is 34.5 Å². The quantitative estimate of drug-likeness (QED) is 0.241. The van der Waals surface area contributed by atoms with Crippen LogP contribution in [0.15, 0.2) is 30.3 Å². The molecule has 1 saturated heterocycles. The molecule has 7 nitrogen and oxygen atoms in total. The molecule has 2 atom stereocenters. The number of anilines is 2. The Morgan fingerprint density at radius 3 is 2.37 bits per heavy atom. The maximum atomic E-state index is 13.7. The lowest BCUT2D eigenvalue weighted by atomic mass is 9.73. The molecule has 1 aliphatic heterocycles. The maximum absolute atomic E-state index is 13.7. The Morgan fingerprint density at radius 1 is 1.23 bits per heavy atom. The molecule has 2 N–H and O–H groups in total.